The highest BCUT2D eigenvalue weighted by Gasteiger charge is 2.05. The minimum Gasteiger partial charge on any atom is -0.310 e. The highest BCUT2D eigenvalue weighted by Crippen LogP contribution is 1.95. The van der Waals surface area contributed by atoms with Gasteiger partial charge in [-0.25, -0.2) is 10.6 Å². The fraction of sp³-hybridized carbons (Fsp3) is 0.429. The van der Waals surface area contributed by atoms with Crippen LogP contribution in [0.5, 0.6) is 0 Å². The van der Waals surface area contributed by atoms with E-state index in [1.807, 2.05) is 0 Å². The Morgan fingerprint density at radius 2 is 2.15 bits per heavy atom. The summed E-state index contributed by atoms with van der Waals surface area (Å²) in [7, 11) is 0. The van der Waals surface area contributed by atoms with Gasteiger partial charge in [0.25, 0.3) is 5.56 Å². The molecule has 72 valence electrons. The third kappa shape index (κ3) is 1.78. The first-order chi connectivity index (χ1) is 6.06. The Kier molecular flexibility index (Phi) is 2.52. The molecule has 0 saturated carbocycles. The molecular formula is C7H12N4O2. The molecule has 0 bridgehead atoms. The molecule has 6 heteroatoms. The van der Waals surface area contributed by atoms with Crippen LogP contribution in [0.4, 0.5) is 5.82 Å². The number of nitrogen functional groups attached to an aromatic ring is 1. The molecule has 13 heavy (non-hydrogen) atoms. The van der Waals surface area contributed by atoms with Crippen molar-refractivity contribution in [3.05, 3.63) is 26.9 Å². The van der Waals surface area contributed by atoms with Crippen molar-refractivity contribution in [1.82, 2.24) is 9.55 Å². The molecule has 0 aliphatic carbocycles. The van der Waals surface area contributed by atoms with E-state index >= 15 is 0 Å². The van der Waals surface area contributed by atoms with Gasteiger partial charge in [0.15, 0.2) is 0 Å². The number of rotatable bonds is 2. The number of aromatic nitrogens is 2. The molecule has 0 unspecified atom stereocenters. The van der Waals surface area contributed by atoms with Gasteiger partial charge in [0.1, 0.15) is 5.82 Å². The van der Waals surface area contributed by atoms with Crippen LogP contribution < -0.4 is 22.5 Å². The second kappa shape index (κ2) is 3.44. The molecule has 0 aliphatic heterocycles. The van der Waals surface area contributed by atoms with Gasteiger partial charge < -0.3 is 5.43 Å². The third-order valence-electron chi connectivity index (χ3n) is 1.64. The Hall–Kier alpha value is -1.56. The first-order valence-electron chi connectivity index (χ1n) is 3.88. The van der Waals surface area contributed by atoms with Gasteiger partial charge in [-0.15, -0.1) is 0 Å². The van der Waals surface area contributed by atoms with Crippen LogP contribution in [0.15, 0.2) is 15.7 Å². The van der Waals surface area contributed by atoms with E-state index in [0.29, 0.717) is 0 Å². The van der Waals surface area contributed by atoms with Crippen LogP contribution in [-0.4, -0.2) is 9.55 Å². The van der Waals surface area contributed by atoms with Crippen molar-refractivity contribution in [2.45, 2.75) is 19.9 Å². The number of nitrogens with one attached hydrogen (secondary N) is 2. The summed E-state index contributed by atoms with van der Waals surface area (Å²) >= 11 is 0. The third-order valence-corrected chi connectivity index (χ3v) is 1.64. The Morgan fingerprint density at radius 3 is 2.54 bits per heavy atom. The molecular weight excluding hydrogens is 172 g/mol. The first kappa shape index (κ1) is 9.53. The lowest BCUT2D eigenvalue weighted by Crippen LogP contribution is -2.36. The predicted molar refractivity (Wildman–Crippen MR) is 49.5 cm³/mol. The summed E-state index contributed by atoms with van der Waals surface area (Å²) in [5.41, 5.74) is 1.37. The molecule has 1 heterocycles. The lowest BCUT2D eigenvalue weighted by Gasteiger charge is -2.08. The maximum atomic E-state index is 11.3. The zero-order chi connectivity index (χ0) is 10.0. The number of nitrogens with two attached hydrogens (primary N) is 1. The molecule has 0 spiro atoms. The van der Waals surface area contributed by atoms with Gasteiger partial charge in [0.2, 0.25) is 0 Å². The molecule has 1 rings (SSSR count). The normalized spacial score (nSPS) is 10.5. The van der Waals surface area contributed by atoms with Crippen molar-refractivity contribution in [2.75, 3.05) is 5.43 Å². The van der Waals surface area contributed by atoms with Crippen LogP contribution in [-0.2, 0) is 0 Å². The minimum atomic E-state index is -0.463. The van der Waals surface area contributed by atoms with Crippen LogP contribution >= 0.6 is 0 Å². The number of nitrogens with zero attached hydrogens (tertiary/aromatic N) is 1. The van der Waals surface area contributed by atoms with Crippen molar-refractivity contribution in [3.8, 4) is 0 Å². The van der Waals surface area contributed by atoms with Crippen molar-refractivity contribution < 1.29 is 0 Å². The standard InChI is InChI=1S/C7H12N4O2/c1-4(2)11-6(12)3-5(10-8)9-7(11)13/h3-4,10H,8H2,1-2H3,(H,9,13). The van der Waals surface area contributed by atoms with E-state index in [1.54, 1.807) is 13.8 Å². The molecule has 6 nitrogen and oxygen atoms in total. The Bertz CT molecular complexity index is 372. The van der Waals surface area contributed by atoms with E-state index in [4.69, 9.17) is 5.84 Å². The molecule has 0 aliphatic rings. The lowest BCUT2D eigenvalue weighted by molar-refractivity contribution is 0.546. The molecule has 4 N–H and O–H groups in total. The molecule has 0 fully saturated rings. The number of aromatic amines is 1. The summed E-state index contributed by atoms with van der Waals surface area (Å²) in [6.07, 6.45) is 0. The van der Waals surface area contributed by atoms with Gasteiger partial charge >= 0.3 is 5.69 Å². The molecule has 0 atom stereocenters. The van der Waals surface area contributed by atoms with E-state index in [2.05, 4.69) is 10.4 Å². The number of hydrogen-bond donors (Lipinski definition) is 3. The fourth-order valence-corrected chi connectivity index (χ4v) is 1.07. The second-order valence-electron chi connectivity index (χ2n) is 2.93. The smallest absolute Gasteiger partial charge is 0.310 e. The fourth-order valence-electron chi connectivity index (χ4n) is 1.07. The van der Waals surface area contributed by atoms with Gasteiger partial charge in [-0.3, -0.25) is 14.3 Å². The van der Waals surface area contributed by atoms with Crippen molar-refractivity contribution >= 4 is 5.82 Å². The maximum Gasteiger partial charge on any atom is 0.330 e. The van der Waals surface area contributed by atoms with Gasteiger partial charge in [0, 0.05) is 12.1 Å². The van der Waals surface area contributed by atoms with Crippen LogP contribution in [0.25, 0.3) is 0 Å². The van der Waals surface area contributed by atoms with E-state index in [9.17, 15) is 9.59 Å². The summed E-state index contributed by atoms with van der Waals surface area (Å²) in [6, 6.07) is 1.07. The van der Waals surface area contributed by atoms with Crippen LogP contribution in [0.3, 0.4) is 0 Å². The molecule has 0 aromatic carbocycles. The second-order valence-corrected chi connectivity index (χ2v) is 2.93. The van der Waals surface area contributed by atoms with E-state index in [0.717, 1.165) is 4.57 Å². The lowest BCUT2D eigenvalue weighted by atomic mass is 10.4. The SMILES string of the molecule is CC(C)n1c(=O)cc(NN)[nH]c1=O. The summed E-state index contributed by atoms with van der Waals surface area (Å²) in [5.74, 6) is 5.26. The predicted octanol–water partition coefficient (Wildman–Crippen LogP) is -0.597. The summed E-state index contributed by atoms with van der Waals surface area (Å²) < 4.78 is 1.11. The monoisotopic (exact) mass is 184 g/mol. The van der Waals surface area contributed by atoms with Crippen molar-refractivity contribution in [2.24, 2.45) is 5.84 Å². The molecule has 1 aromatic heterocycles. The zero-order valence-corrected chi connectivity index (χ0v) is 7.50. The Labute approximate surface area is 74.4 Å². The van der Waals surface area contributed by atoms with Crippen molar-refractivity contribution in [1.29, 1.82) is 0 Å². The largest absolute Gasteiger partial charge is 0.330 e. The maximum absolute atomic E-state index is 11.3. The van der Waals surface area contributed by atoms with E-state index in [-0.39, 0.29) is 17.4 Å². The van der Waals surface area contributed by atoms with E-state index in [1.165, 1.54) is 6.07 Å². The summed E-state index contributed by atoms with van der Waals surface area (Å²) in [4.78, 5) is 25.0. The van der Waals surface area contributed by atoms with Crippen molar-refractivity contribution in [3.63, 3.8) is 0 Å². The summed E-state index contributed by atoms with van der Waals surface area (Å²) in [5, 5.41) is 0. The zero-order valence-electron chi connectivity index (χ0n) is 7.50. The highest BCUT2D eigenvalue weighted by atomic mass is 16.2. The van der Waals surface area contributed by atoms with Gasteiger partial charge in [0.05, 0.1) is 0 Å². The van der Waals surface area contributed by atoms with Gasteiger partial charge in [-0.05, 0) is 13.8 Å². The van der Waals surface area contributed by atoms with Crippen LogP contribution in [0.1, 0.15) is 19.9 Å². The number of anilines is 1. The average Bonchev–Trinajstić information content (AvgIpc) is 2.02. The number of hydrazine groups is 1. The van der Waals surface area contributed by atoms with Gasteiger partial charge in [-0.1, -0.05) is 0 Å². The van der Waals surface area contributed by atoms with E-state index < -0.39 is 5.69 Å². The molecule has 0 amide bonds. The topological polar surface area (TPSA) is 92.9 Å². The van der Waals surface area contributed by atoms with Gasteiger partial charge in [-0.2, -0.15) is 0 Å². The minimum absolute atomic E-state index is 0.164. The Balaban J connectivity index is 3.41. The van der Waals surface area contributed by atoms with Crippen LogP contribution in [0.2, 0.25) is 0 Å². The number of H-pyrrole nitrogens is 1. The molecule has 0 saturated heterocycles. The molecule has 1 aromatic rings. The van der Waals surface area contributed by atoms with Crippen LogP contribution in [0, 0.1) is 0 Å². The molecule has 0 radical (unpaired) electrons. The number of hydrogen-bond acceptors (Lipinski definition) is 4. The summed E-state index contributed by atoms with van der Waals surface area (Å²) in [6.45, 7) is 3.51. The average molecular weight is 184 g/mol. The Morgan fingerprint density at radius 1 is 1.54 bits per heavy atom. The quantitative estimate of drug-likeness (QED) is 0.423. The first-order valence-corrected chi connectivity index (χ1v) is 3.88. The highest BCUT2D eigenvalue weighted by molar-refractivity contribution is 5.29.